The molecule has 1 aromatic carbocycles. The van der Waals surface area contributed by atoms with Gasteiger partial charge in [0.05, 0.1) is 4.92 Å². The number of aromatic nitrogens is 2. The van der Waals surface area contributed by atoms with Crippen LogP contribution in [0.2, 0.25) is 0 Å². The molecule has 0 aliphatic carbocycles. The lowest BCUT2D eigenvalue weighted by Gasteiger charge is -2.26. The average molecular weight is 357 g/mol. The Balaban J connectivity index is 1.68. The van der Waals surface area contributed by atoms with Crippen molar-refractivity contribution in [3.63, 3.8) is 0 Å². The van der Waals surface area contributed by atoms with Crippen LogP contribution in [0.25, 0.3) is 0 Å². The number of benzene rings is 1. The van der Waals surface area contributed by atoms with E-state index >= 15 is 0 Å². The van der Waals surface area contributed by atoms with Gasteiger partial charge in [-0.3, -0.25) is 24.5 Å². The lowest BCUT2D eigenvalue weighted by Crippen LogP contribution is -2.29. The number of hydrogen-bond donors (Lipinski definition) is 1. The van der Waals surface area contributed by atoms with Crippen LogP contribution in [-0.2, 0) is 13.1 Å². The SMILES string of the molecule is CCn1ncc([N+](=O)[O-])c1C(=O)Nc1ccc(CN2CCCCC2)cc1. The minimum Gasteiger partial charge on any atom is -0.320 e. The average Bonchev–Trinajstić information content (AvgIpc) is 3.09. The maximum atomic E-state index is 12.5. The van der Waals surface area contributed by atoms with Crippen molar-refractivity contribution in [3.05, 3.63) is 51.8 Å². The molecule has 1 amide bonds. The van der Waals surface area contributed by atoms with Crippen molar-refractivity contribution in [1.29, 1.82) is 0 Å². The molecular weight excluding hydrogens is 334 g/mol. The molecule has 2 heterocycles. The van der Waals surface area contributed by atoms with Crippen LogP contribution in [0.4, 0.5) is 11.4 Å². The minimum absolute atomic E-state index is 0.0325. The molecule has 1 aliphatic rings. The van der Waals surface area contributed by atoms with Crippen molar-refractivity contribution in [3.8, 4) is 0 Å². The first-order chi connectivity index (χ1) is 12.6. The number of hydrogen-bond acceptors (Lipinski definition) is 5. The van der Waals surface area contributed by atoms with Crippen molar-refractivity contribution in [2.75, 3.05) is 18.4 Å². The van der Waals surface area contributed by atoms with Gasteiger partial charge in [0, 0.05) is 18.8 Å². The highest BCUT2D eigenvalue weighted by molar-refractivity contribution is 6.05. The van der Waals surface area contributed by atoms with Gasteiger partial charge in [0.25, 0.3) is 5.91 Å². The second kappa shape index (κ2) is 8.09. The number of nitrogens with zero attached hydrogens (tertiary/aromatic N) is 4. The molecule has 0 unspecified atom stereocenters. The maximum Gasteiger partial charge on any atom is 0.320 e. The Morgan fingerprint density at radius 1 is 1.23 bits per heavy atom. The smallest absolute Gasteiger partial charge is 0.320 e. The topological polar surface area (TPSA) is 93.3 Å². The van der Waals surface area contributed by atoms with Crippen LogP contribution in [-0.4, -0.2) is 38.6 Å². The summed E-state index contributed by atoms with van der Waals surface area (Å²) < 4.78 is 1.33. The maximum absolute atomic E-state index is 12.5. The summed E-state index contributed by atoms with van der Waals surface area (Å²) in [5.41, 5.74) is 1.48. The summed E-state index contributed by atoms with van der Waals surface area (Å²) in [4.78, 5) is 25.4. The van der Waals surface area contributed by atoms with Crippen LogP contribution >= 0.6 is 0 Å². The van der Waals surface area contributed by atoms with E-state index in [9.17, 15) is 14.9 Å². The third kappa shape index (κ3) is 4.08. The standard InChI is InChI=1S/C18H23N5O3/c1-2-22-17(16(12-19-22)23(25)26)18(24)20-15-8-6-14(7-9-15)13-21-10-4-3-5-11-21/h6-9,12H,2-5,10-11,13H2,1H3,(H,20,24). The first-order valence-electron chi connectivity index (χ1n) is 8.91. The van der Waals surface area contributed by atoms with E-state index in [0.717, 1.165) is 25.8 Å². The molecule has 1 aromatic heterocycles. The lowest BCUT2D eigenvalue weighted by molar-refractivity contribution is -0.385. The van der Waals surface area contributed by atoms with E-state index in [1.54, 1.807) is 6.92 Å². The Bertz CT molecular complexity index is 779. The molecule has 0 bridgehead atoms. The van der Waals surface area contributed by atoms with E-state index in [1.165, 1.54) is 29.5 Å². The van der Waals surface area contributed by atoms with Gasteiger partial charge in [0.1, 0.15) is 6.20 Å². The monoisotopic (exact) mass is 357 g/mol. The fourth-order valence-electron chi connectivity index (χ4n) is 3.24. The molecule has 0 radical (unpaired) electrons. The molecule has 1 fully saturated rings. The highest BCUT2D eigenvalue weighted by Gasteiger charge is 2.26. The summed E-state index contributed by atoms with van der Waals surface area (Å²) in [7, 11) is 0. The molecule has 0 saturated carbocycles. The van der Waals surface area contributed by atoms with Crippen molar-refractivity contribution < 1.29 is 9.72 Å². The predicted molar refractivity (Wildman–Crippen MR) is 98.1 cm³/mol. The first kappa shape index (κ1) is 18.1. The molecule has 8 nitrogen and oxygen atoms in total. The third-order valence-electron chi connectivity index (χ3n) is 4.60. The molecular formula is C18H23N5O3. The second-order valence-corrected chi connectivity index (χ2v) is 6.44. The Labute approximate surface area is 151 Å². The fourth-order valence-corrected chi connectivity index (χ4v) is 3.24. The van der Waals surface area contributed by atoms with E-state index in [0.29, 0.717) is 12.2 Å². The number of rotatable bonds is 6. The summed E-state index contributed by atoms with van der Waals surface area (Å²) in [6.07, 6.45) is 4.91. The number of piperidine rings is 1. The normalized spacial score (nSPS) is 15.0. The van der Waals surface area contributed by atoms with Gasteiger partial charge < -0.3 is 5.32 Å². The summed E-state index contributed by atoms with van der Waals surface area (Å²) in [5, 5.41) is 17.7. The van der Waals surface area contributed by atoms with Gasteiger partial charge in [-0.2, -0.15) is 5.10 Å². The van der Waals surface area contributed by atoms with E-state index in [2.05, 4.69) is 15.3 Å². The van der Waals surface area contributed by atoms with Gasteiger partial charge in [-0.1, -0.05) is 18.6 Å². The number of carbonyl (C=O) groups is 1. The van der Waals surface area contributed by atoms with Crippen LogP contribution in [0.5, 0.6) is 0 Å². The van der Waals surface area contributed by atoms with Crippen molar-refractivity contribution in [2.45, 2.75) is 39.3 Å². The van der Waals surface area contributed by atoms with Crippen LogP contribution in [0, 0.1) is 10.1 Å². The molecule has 1 aliphatic heterocycles. The number of amides is 1. The highest BCUT2D eigenvalue weighted by Crippen LogP contribution is 2.20. The molecule has 0 spiro atoms. The summed E-state index contributed by atoms with van der Waals surface area (Å²) in [5.74, 6) is -0.528. The van der Waals surface area contributed by atoms with E-state index in [-0.39, 0.29) is 11.4 Å². The number of nitro groups is 1. The van der Waals surface area contributed by atoms with E-state index < -0.39 is 10.8 Å². The van der Waals surface area contributed by atoms with Crippen molar-refractivity contribution in [1.82, 2.24) is 14.7 Å². The van der Waals surface area contributed by atoms with Crippen LogP contribution in [0.1, 0.15) is 42.2 Å². The highest BCUT2D eigenvalue weighted by atomic mass is 16.6. The number of nitrogens with one attached hydrogen (secondary N) is 1. The summed E-state index contributed by atoms with van der Waals surface area (Å²) >= 11 is 0. The summed E-state index contributed by atoms with van der Waals surface area (Å²) in [6, 6.07) is 7.62. The van der Waals surface area contributed by atoms with Gasteiger partial charge in [-0.15, -0.1) is 0 Å². The zero-order chi connectivity index (χ0) is 18.5. The second-order valence-electron chi connectivity index (χ2n) is 6.44. The molecule has 1 saturated heterocycles. The number of anilines is 1. The third-order valence-corrected chi connectivity index (χ3v) is 4.60. The number of likely N-dealkylation sites (tertiary alicyclic amines) is 1. The fraction of sp³-hybridized carbons (Fsp3) is 0.444. The van der Waals surface area contributed by atoms with Gasteiger partial charge >= 0.3 is 5.69 Å². The molecule has 0 atom stereocenters. The molecule has 26 heavy (non-hydrogen) atoms. The number of aryl methyl sites for hydroxylation is 1. The van der Waals surface area contributed by atoms with Crippen molar-refractivity contribution in [2.24, 2.45) is 0 Å². The quantitative estimate of drug-likeness (QED) is 0.633. The Kier molecular flexibility index (Phi) is 5.62. The molecule has 138 valence electrons. The van der Waals surface area contributed by atoms with Crippen LogP contribution in [0.3, 0.4) is 0 Å². The zero-order valence-corrected chi connectivity index (χ0v) is 14.9. The molecule has 1 N–H and O–H groups in total. The largest absolute Gasteiger partial charge is 0.320 e. The predicted octanol–water partition coefficient (Wildman–Crippen LogP) is 3.05. The Morgan fingerprint density at radius 3 is 2.54 bits per heavy atom. The molecule has 8 heteroatoms. The van der Waals surface area contributed by atoms with Gasteiger partial charge in [0.2, 0.25) is 5.69 Å². The van der Waals surface area contributed by atoms with Gasteiger partial charge in [-0.25, -0.2) is 0 Å². The minimum atomic E-state index is -0.588. The van der Waals surface area contributed by atoms with Gasteiger partial charge in [-0.05, 0) is 50.6 Å². The lowest BCUT2D eigenvalue weighted by atomic mass is 10.1. The zero-order valence-electron chi connectivity index (χ0n) is 14.9. The molecule has 2 aromatic rings. The van der Waals surface area contributed by atoms with Crippen LogP contribution < -0.4 is 5.32 Å². The Morgan fingerprint density at radius 2 is 1.92 bits per heavy atom. The first-order valence-corrected chi connectivity index (χ1v) is 8.91. The van der Waals surface area contributed by atoms with E-state index in [4.69, 9.17) is 0 Å². The van der Waals surface area contributed by atoms with E-state index in [1.807, 2.05) is 24.3 Å². The number of carbonyl (C=O) groups excluding carboxylic acids is 1. The molecule has 3 rings (SSSR count). The van der Waals surface area contributed by atoms with Crippen molar-refractivity contribution >= 4 is 17.3 Å². The Hall–Kier alpha value is -2.74. The summed E-state index contributed by atoms with van der Waals surface area (Å²) in [6.45, 7) is 5.32. The van der Waals surface area contributed by atoms with Gasteiger partial charge in [0.15, 0.2) is 0 Å². The van der Waals surface area contributed by atoms with Crippen LogP contribution in [0.15, 0.2) is 30.5 Å².